The molecule has 56 heavy (non-hydrogen) atoms. The highest BCUT2D eigenvalue weighted by Gasteiger charge is 2.28. The molecular weight excluding hydrogens is 733 g/mol. The first-order valence-corrected chi connectivity index (χ1v) is 22.1. The molecule has 0 heterocycles. The molecule has 0 fully saturated rings. The molecule has 0 saturated heterocycles. The van der Waals surface area contributed by atoms with Crippen molar-refractivity contribution in [2.45, 2.75) is 154 Å². The van der Waals surface area contributed by atoms with Crippen LogP contribution in [0.1, 0.15) is 142 Å². The second-order valence-electron chi connectivity index (χ2n) is 13.4. The van der Waals surface area contributed by atoms with Crippen molar-refractivity contribution in [1.29, 1.82) is 0 Å². The number of allylic oxidation sites excluding steroid dienone is 14. The molecule has 0 spiro atoms. The van der Waals surface area contributed by atoms with E-state index in [4.69, 9.17) is 24.8 Å². The number of ether oxygens (including phenoxy) is 2. The van der Waals surface area contributed by atoms with Crippen LogP contribution in [0.15, 0.2) is 85.1 Å². The van der Waals surface area contributed by atoms with Gasteiger partial charge in [-0.2, -0.15) is 0 Å². The summed E-state index contributed by atoms with van der Waals surface area (Å²) in [6, 6.07) is -1.54. The fraction of sp³-hybridized carbons (Fsp3) is 0.614. The van der Waals surface area contributed by atoms with Gasteiger partial charge < -0.3 is 25.2 Å². The number of aliphatic carboxylic acids is 1. The Morgan fingerprint density at radius 3 is 1.57 bits per heavy atom. The van der Waals surface area contributed by atoms with E-state index in [2.05, 4.69) is 91.3 Å². The SMILES string of the molecule is CCC=CCC=CCC=CCC=CCC=CCC=CCCC(=O)OC[C@H](COP(=O)(O)OC[C@H](N)C(=O)O)OC(=O)CCCCCCCC=CCCCCCC. The Morgan fingerprint density at radius 1 is 0.571 bits per heavy atom. The normalized spacial score (nSPS) is 14.6. The van der Waals surface area contributed by atoms with Crippen molar-refractivity contribution in [2.24, 2.45) is 5.73 Å². The molecule has 0 aliphatic heterocycles. The molecular formula is C44H72NO10P. The molecule has 12 heteroatoms. The Labute approximate surface area is 337 Å². The van der Waals surface area contributed by atoms with Gasteiger partial charge in [-0.15, -0.1) is 0 Å². The first-order valence-electron chi connectivity index (χ1n) is 20.6. The summed E-state index contributed by atoms with van der Waals surface area (Å²) < 4.78 is 32.5. The molecule has 0 rings (SSSR count). The van der Waals surface area contributed by atoms with Crippen LogP contribution in [0.25, 0.3) is 0 Å². The molecule has 0 bridgehead atoms. The first-order chi connectivity index (χ1) is 27.1. The maximum absolute atomic E-state index is 12.6. The Kier molecular flexibility index (Phi) is 36.2. The van der Waals surface area contributed by atoms with E-state index >= 15 is 0 Å². The zero-order valence-electron chi connectivity index (χ0n) is 34.2. The molecule has 3 atom stereocenters. The van der Waals surface area contributed by atoms with Crippen LogP contribution in [0.4, 0.5) is 0 Å². The van der Waals surface area contributed by atoms with Crippen molar-refractivity contribution in [3.63, 3.8) is 0 Å². The monoisotopic (exact) mass is 805 g/mol. The average Bonchev–Trinajstić information content (AvgIpc) is 3.17. The lowest BCUT2D eigenvalue weighted by atomic mass is 10.1. The minimum Gasteiger partial charge on any atom is -0.480 e. The van der Waals surface area contributed by atoms with Crippen LogP contribution in [0.5, 0.6) is 0 Å². The number of phosphoric ester groups is 1. The van der Waals surface area contributed by atoms with E-state index in [1.807, 2.05) is 12.2 Å². The van der Waals surface area contributed by atoms with Crippen molar-refractivity contribution in [3.05, 3.63) is 85.1 Å². The molecule has 0 radical (unpaired) electrons. The summed E-state index contributed by atoms with van der Waals surface area (Å²) in [4.78, 5) is 45.8. The van der Waals surface area contributed by atoms with E-state index in [9.17, 15) is 23.8 Å². The van der Waals surface area contributed by atoms with Crippen LogP contribution in [-0.2, 0) is 37.5 Å². The topological polar surface area (TPSA) is 172 Å². The summed E-state index contributed by atoms with van der Waals surface area (Å²) >= 11 is 0. The van der Waals surface area contributed by atoms with Crippen LogP contribution in [0, 0.1) is 0 Å². The molecule has 0 aromatic rings. The Bertz CT molecular complexity index is 1270. The third kappa shape index (κ3) is 37.6. The minimum absolute atomic E-state index is 0.0904. The van der Waals surface area contributed by atoms with Gasteiger partial charge in [-0.1, -0.05) is 137 Å². The van der Waals surface area contributed by atoms with Gasteiger partial charge in [-0.3, -0.25) is 23.4 Å². The second kappa shape index (κ2) is 38.5. The number of unbranched alkanes of at least 4 members (excludes halogenated alkanes) is 9. The molecule has 11 nitrogen and oxygen atoms in total. The predicted octanol–water partition coefficient (Wildman–Crippen LogP) is 10.7. The summed E-state index contributed by atoms with van der Waals surface area (Å²) in [6.07, 6.45) is 46.6. The summed E-state index contributed by atoms with van der Waals surface area (Å²) in [6.45, 7) is 2.56. The van der Waals surface area contributed by atoms with Gasteiger partial charge in [0, 0.05) is 12.8 Å². The van der Waals surface area contributed by atoms with Crippen molar-refractivity contribution < 1.29 is 47.5 Å². The van der Waals surface area contributed by atoms with Gasteiger partial charge in [0.1, 0.15) is 12.6 Å². The number of carboxylic acid groups (broad SMARTS) is 1. The molecule has 4 N–H and O–H groups in total. The molecule has 0 saturated carbocycles. The molecule has 0 amide bonds. The van der Waals surface area contributed by atoms with E-state index in [1.165, 1.54) is 25.7 Å². The molecule has 1 unspecified atom stereocenters. The largest absolute Gasteiger partial charge is 0.480 e. The fourth-order valence-electron chi connectivity index (χ4n) is 4.91. The van der Waals surface area contributed by atoms with E-state index in [0.717, 1.165) is 77.0 Å². The zero-order chi connectivity index (χ0) is 41.4. The van der Waals surface area contributed by atoms with Crippen molar-refractivity contribution in [3.8, 4) is 0 Å². The number of hydrogen-bond acceptors (Lipinski definition) is 9. The van der Waals surface area contributed by atoms with Crippen molar-refractivity contribution in [2.75, 3.05) is 19.8 Å². The molecule has 0 aliphatic carbocycles. The first kappa shape index (κ1) is 52.7. The maximum Gasteiger partial charge on any atom is 0.472 e. The third-order valence-electron chi connectivity index (χ3n) is 8.14. The van der Waals surface area contributed by atoms with Crippen molar-refractivity contribution in [1.82, 2.24) is 0 Å². The summed E-state index contributed by atoms with van der Waals surface area (Å²) in [7, 11) is -4.74. The quantitative estimate of drug-likeness (QED) is 0.0236. The third-order valence-corrected chi connectivity index (χ3v) is 9.09. The lowest BCUT2D eigenvalue weighted by molar-refractivity contribution is -0.161. The van der Waals surface area contributed by atoms with E-state index in [1.54, 1.807) is 0 Å². The predicted molar refractivity (Wildman–Crippen MR) is 226 cm³/mol. The average molecular weight is 806 g/mol. The Hall–Kier alpha value is -3.34. The van der Waals surface area contributed by atoms with E-state index in [0.29, 0.717) is 12.8 Å². The number of rotatable bonds is 37. The minimum atomic E-state index is -4.74. The van der Waals surface area contributed by atoms with Gasteiger partial charge in [0.15, 0.2) is 6.10 Å². The van der Waals surface area contributed by atoms with Gasteiger partial charge in [0.25, 0.3) is 0 Å². The smallest absolute Gasteiger partial charge is 0.472 e. The van der Waals surface area contributed by atoms with Crippen LogP contribution >= 0.6 is 7.82 Å². The van der Waals surface area contributed by atoms with Crippen molar-refractivity contribution >= 4 is 25.7 Å². The highest BCUT2D eigenvalue weighted by molar-refractivity contribution is 7.47. The number of hydrogen-bond donors (Lipinski definition) is 3. The van der Waals surface area contributed by atoms with Crippen LogP contribution in [-0.4, -0.2) is 59.9 Å². The molecule has 0 aliphatic rings. The number of esters is 2. The molecule has 0 aromatic heterocycles. The fourth-order valence-corrected chi connectivity index (χ4v) is 5.68. The number of carbonyl (C=O) groups is 3. The zero-order valence-corrected chi connectivity index (χ0v) is 35.1. The van der Waals surface area contributed by atoms with Crippen LogP contribution in [0.2, 0.25) is 0 Å². The number of carboxylic acids is 1. The Balaban J connectivity index is 4.54. The second-order valence-corrected chi connectivity index (χ2v) is 14.8. The van der Waals surface area contributed by atoms with Gasteiger partial charge in [0.2, 0.25) is 0 Å². The van der Waals surface area contributed by atoms with Crippen LogP contribution in [0.3, 0.4) is 0 Å². The van der Waals surface area contributed by atoms with Gasteiger partial charge in [0.05, 0.1) is 13.2 Å². The standard InChI is InChI=1S/C44H72NO10P/c1-3-5-7-9-11-13-15-17-18-19-20-21-22-24-25-27-29-31-33-35-42(46)52-37-40(38-53-56(50,51)54-39-41(45)44(48)49)55-43(47)36-34-32-30-28-26-23-16-14-12-10-8-6-4-2/h5,7,11,13-14,16-18,20-21,24-25,29,31,40-41H,3-4,6,8-10,12,15,19,22-23,26-28,30,32-39,45H2,1-2H3,(H,48,49)(H,50,51)/t40-,41+/m1/s1. The highest BCUT2D eigenvalue weighted by Crippen LogP contribution is 2.43. The number of carbonyl (C=O) groups excluding carboxylic acids is 2. The van der Waals surface area contributed by atoms with Gasteiger partial charge >= 0.3 is 25.7 Å². The summed E-state index contributed by atoms with van der Waals surface area (Å²) in [5.41, 5.74) is 5.32. The van der Waals surface area contributed by atoms with E-state index in [-0.39, 0.29) is 12.8 Å². The number of nitrogens with two attached hydrogens (primary N) is 1. The Morgan fingerprint density at radius 2 is 1.04 bits per heavy atom. The lowest BCUT2D eigenvalue weighted by Crippen LogP contribution is -2.34. The summed E-state index contributed by atoms with van der Waals surface area (Å²) in [5, 5.41) is 8.87. The van der Waals surface area contributed by atoms with Crippen LogP contribution < -0.4 is 5.73 Å². The lowest BCUT2D eigenvalue weighted by Gasteiger charge is -2.20. The van der Waals surface area contributed by atoms with Gasteiger partial charge in [-0.25, -0.2) is 4.57 Å². The van der Waals surface area contributed by atoms with E-state index < -0.39 is 57.7 Å². The highest BCUT2D eigenvalue weighted by atomic mass is 31.2. The summed E-state index contributed by atoms with van der Waals surface area (Å²) in [5.74, 6) is -2.51. The maximum atomic E-state index is 12.6. The number of phosphoric acid groups is 1. The van der Waals surface area contributed by atoms with Gasteiger partial charge in [-0.05, 0) is 77.0 Å². The molecule has 318 valence electrons. The molecule has 0 aromatic carbocycles.